The summed E-state index contributed by atoms with van der Waals surface area (Å²) in [5.41, 5.74) is 6.43. The monoisotopic (exact) mass is 319 g/mol. The predicted molar refractivity (Wildman–Crippen MR) is 96.4 cm³/mol. The Morgan fingerprint density at radius 3 is 2.75 bits per heavy atom. The molecule has 0 spiro atoms. The van der Waals surface area contributed by atoms with Crippen LogP contribution in [-0.2, 0) is 4.79 Å². The first kappa shape index (κ1) is 15.0. The van der Waals surface area contributed by atoms with Gasteiger partial charge < -0.3 is 9.64 Å². The molecule has 0 aromatic heterocycles. The van der Waals surface area contributed by atoms with Crippen LogP contribution < -0.4 is 9.64 Å². The largest absolute Gasteiger partial charge is 0.482 e. The van der Waals surface area contributed by atoms with Gasteiger partial charge in [-0.3, -0.25) is 4.79 Å². The van der Waals surface area contributed by atoms with Crippen LogP contribution in [0.15, 0.2) is 54.1 Å². The van der Waals surface area contributed by atoms with Crippen LogP contribution in [0.1, 0.15) is 37.3 Å². The van der Waals surface area contributed by atoms with Gasteiger partial charge in [0.2, 0.25) is 0 Å². The number of allylic oxidation sites excluding steroid dienone is 1. The zero-order valence-electron chi connectivity index (χ0n) is 14.1. The van der Waals surface area contributed by atoms with E-state index in [1.165, 1.54) is 22.3 Å². The van der Waals surface area contributed by atoms with Crippen LogP contribution in [0.4, 0.5) is 5.69 Å². The Kier molecular flexibility index (Phi) is 3.64. The summed E-state index contributed by atoms with van der Waals surface area (Å²) in [4.78, 5) is 14.2. The van der Waals surface area contributed by atoms with E-state index < -0.39 is 0 Å². The van der Waals surface area contributed by atoms with Crippen LogP contribution in [0.2, 0.25) is 0 Å². The summed E-state index contributed by atoms with van der Waals surface area (Å²) in [5, 5.41) is 0. The molecule has 1 amide bonds. The van der Waals surface area contributed by atoms with E-state index in [0.717, 1.165) is 17.9 Å². The van der Waals surface area contributed by atoms with Gasteiger partial charge in [-0.05, 0) is 42.2 Å². The molecule has 2 aliphatic rings. The maximum Gasteiger partial charge on any atom is 0.265 e. The van der Waals surface area contributed by atoms with Gasteiger partial charge in [0.15, 0.2) is 6.61 Å². The lowest BCUT2D eigenvalue weighted by molar-refractivity contribution is -0.121. The smallest absolute Gasteiger partial charge is 0.265 e. The van der Waals surface area contributed by atoms with Gasteiger partial charge in [0.1, 0.15) is 5.75 Å². The molecule has 0 saturated carbocycles. The van der Waals surface area contributed by atoms with Crippen molar-refractivity contribution in [1.82, 2.24) is 0 Å². The molecule has 1 unspecified atom stereocenters. The Morgan fingerprint density at radius 2 is 1.88 bits per heavy atom. The fourth-order valence-corrected chi connectivity index (χ4v) is 3.81. The lowest BCUT2D eigenvalue weighted by Gasteiger charge is -2.29. The molecule has 4 rings (SSSR count). The number of carbonyl (C=O) groups is 1. The van der Waals surface area contributed by atoms with E-state index in [4.69, 9.17) is 4.74 Å². The van der Waals surface area contributed by atoms with Gasteiger partial charge >= 0.3 is 0 Å². The van der Waals surface area contributed by atoms with Crippen molar-refractivity contribution in [3.05, 3.63) is 65.2 Å². The molecule has 3 nitrogen and oxygen atoms in total. The second-order valence-corrected chi connectivity index (χ2v) is 6.52. The molecule has 1 heterocycles. The fraction of sp³-hybridized carbons (Fsp3) is 0.286. The van der Waals surface area contributed by atoms with Gasteiger partial charge in [-0.15, -0.1) is 0 Å². The van der Waals surface area contributed by atoms with Crippen LogP contribution in [0.3, 0.4) is 0 Å². The molecule has 2 aromatic rings. The average molecular weight is 319 g/mol. The van der Waals surface area contributed by atoms with Crippen molar-refractivity contribution in [3.63, 3.8) is 0 Å². The molecule has 0 saturated heterocycles. The Labute approximate surface area is 142 Å². The van der Waals surface area contributed by atoms with E-state index in [-0.39, 0.29) is 12.5 Å². The quantitative estimate of drug-likeness (QED) is 0.839. The van der Waals surface area contributed by atoms with Gasteiger partial charge in [-0.2, -0.15) is 0 Å². The zero-order valence-corrected chi connectivity index (χ0v) is 14.1. The third kappa shape index (κ3) is 2.32. The Bertz CT molecular complexity index is 837. The van der Waals surface area contributed by atoms with Gasteiger partial charge in [0, 0.05) is 12.5 Å². The highest BCUT2D eigenvalue weighted by atomic mass is 16.5. The number of rotatable bonds is 3. The van der Waals surface area contributed by atoms with Gasteiger partial charge in [0.05, 0.1) is 5.69 Å². The van der Waals surface area contributed by atoms with E-state index in [1.807, 2.05) is 29.2 Å². The number of hydrogen-bond acceptors (Lipinski definition) is 2. The van der Waals surface area contributed by atoms with Crippen molar-refractivity contribution in [3.8, 4) is 5.75 Å². The molecular formula is C21H21NO2. The second-order valence-electron chi connectivity index (χ2n) is 6.52. The highest BCUT2D eigenvalue weighted by Gasteiger charge is 2.28. The minimum Gasteiger partial charge on any atom is -0.482 e. The molecule has 1 aliphatic heterocycles. The third-order valence-electron chi connectivity index (χ3n) is 5.27. The molecule has 122 valence electrons. The highest BCUT2D eigenvalue weighted by Crippen LogP contribution is 2.43. The van der Waals surface area contributed by atoms with Crippen molar-refractivity contribution in [2.75, 3.05) is 18.1 Å². The molecule has 1 aliphatic carbocycles. The summed E-state index contributed by atoms with van der Waals surface area (Å²) >= 11 is 0. The van der Waals surface area contributed by atoms with Crippen molar-refractivity contribution < 1.29 is 9.53 Å². The number of nitrogens with zero attached hydrogens (tertiary/aromatic N) is 1. The Hall–Kier alpha value is -2.55. The number of anilines is 1. The van der Waals surface area contributed by atoms with Crippen molar-refractivity contribution in [2.45, 2.75) is 26.2 Å². The molecule has 3 heteroatoms. The van der Waals surface area contributed by atoms with E-state index in [0.29, 0.717) is 12.5 Å². The first-order chi connectivity index (χ1) is 11.7. The van der Waals surface area contributed by atoms with Crippen LogP contribution in [-0.4, -0.2) is 19.1 Å². The number of fused-ring (bicyclic) bond motifs is 2. The summed E-state index contributed by atoms with van der Waals surface area (Å²) in [6.07, 6.45) is 0.868. The maximum absolute atomic E-state index is 12.3. The number of para-hydroxylation sites is 2. The zero-order chi connectivity index (χ0) is 16.7. The Morgan fingerprint density at radius 1 is 1.12 bits per heavy atom. The number of amides is 1. The number of benzene rings is 2. The summed E-state index contributed by atoms with van der Waals surface area (Å²) in [6, 6.07) is 16.4. The third-order valence-corrected chi connectivity index (χ3v) is 5.27. The molecule has 24 heavy (non-hydrogen) atoms. The van der Waals surface area contributed by atoms with E-state index >= 15 is 0 Å². The van der Waals surface area contributed by atoms with Gasteiger partial charge in [-0.25, -0.2) is 0 Å². The molecule has 0 bridgehead atoms. The first-order valence-electron chi connectivity index (χ1n) is 8.48. The lowest BCUT2D eigenvalue weighted by Crippen LogP contribution is -2.39. The molecular weight excluding hydrogens is 298 g/mol. The average Bonchev–Trinajstić information content (AvgIpc) is 2.86. The van der Waals surface area contributed by atoms with E-state index in [2.05, 4.69) is 38.1 Å². The molecule has 2 aromatic carbocycles. The standard InChI is InChI=1S/C21H21NO2/c1-14-15(2)17(18-8-4-3-7-16(14)18)11-12-22-19-9-5-6-10-20(19)24-13-21(22)23/h3-10,14H,11-13H2,1-2H3. The van der Waals surface area contributed by atoms with Crippen molar-refractivity contribution in [2.24, 2.45) is 0 Å². The van der Waals surface area contributed by atoms with E-state index in [9.17, 15) is 4.79 Å². The SMILES string of the molecule is CC1=C(CCN2C(=O)COc3ccccc32)c2ccccc2C1C. The van der Waals surface area contributed by atoms with Gasteiger partial charge in [-0.1, -0.05) is 48.9 Å². The van der Waals surface area contributed by atoms with Crippen molar-refractivity contribution >= 4 is 17.2 Å². The molecule has 0 fully saturated rings. The van der Waals surface area contributed by atoms with Crippen LogP contribution in [0, 0.1) is 0 Å². The topological polar surface area (TPSA) is 29.5 Å². The van der Waals surface area contributed by atoms with Crippen LogP contribution in [0.25, 0.3) is 5.57 Å². The molecule has 0 N–H and O–H groups in total. The van der Waals surface area contributed by atoms with E-state index in [1.54, 1.807) is 0 Å². The van der Waals surface area contributed by atoms with Gasteiger partial charge in [0.25, 0.3) is 5.91 Å². The highest BCUT2D eigenvalue weighted by molar-refractivity contribution is 5.98. The molecule has 0 radical (unpaired) electrons. The van der Waals surface area contributed by atoms with Crippen LogP contribution >= 0.6 is 0 Å². The maximum atomic E-state index is 12.3. The second kappa shape index (κ2) is 5.82. The lowest BCUT2D eigenvalue weighted by atomic mass is 9.99. The van der Waals surface area contributed by atoms with Crippen molar-refractivity contribution in [1.29, 1.82) is 0 Å². The minimum absolute atomic E-state index is 0.0336. The number of hydrogen-bond donors (Lipinski definition) is 0. The Balaban J connectivity index is 1.61. The molecule has 1 atom stereocenters. The number of carbonyl (C=O) groups excluding carboxylic acids is 1. The first-order valence-corrected chi connectivity index (χ1v) is 8.48. The van der Waals surface area contributed by atoms with Crippen LogP contribution in [0.5, 0.6) is 5.75 Å². The summed E-state index contributed by atoms with van der Waals surface area (Å²) in [5.74, 6) is 1.29. The fourth-order valence-electron chi connectivity index (χ4n) is 3.81. The summed E-state index contributed by atoms with van der Waals surface area (Å²) < 4.78 is 5.53. The predicted octanol–water partition coefficient (Wildman–Crippen LogP) is 4.39. The summed E-state index contributed by atoms with van der Waals surface area (Å²) in [7, 11) is 0. The number of ether oxygens (including phenoxy) is 1. The summed E-state index contributed by atoms with van der Waals surface area (Å²) in [6.45, 7) is 5.29. The minimum atomic E-state index is 0.0336. The normalized spacial score (nSPS) is 19.2.